The van der Waals surface area contributed by atoms with E-state index in [9.17, 15) is 5.11 Å². The molecule has 0 aliphatic rings. The molecule has 2 heterocycles. The molecule has 6 nitrogen and oxygen atoms in total. The number of rotatable bonds is 4. The van der Waals surface area contributed by atoms with Crippen LogP contribution in [0.3, 0.4) is 0 Å². The number of hydrogen-bond donors (Lipinski definition) is 3. The molecule has 4 rings (SSSR count). The van der Waals surface area contributed by atoms with Crippen molar-refractivity contribution < 1.29 is 9.84 Å². The Morgan fingerprint density at radius 3 is 2.75 bits per heavy atom. The molecule has 0 saturated heterocycles. The Bertz CT molecular complexity index is 1220. The number of ether oxygens (including phenoxy) is 1. The van der Waals surface area contributed by atoms with E-state index in [2.05, 4.69) is 21.0 Å². The molecule has 0 amide bonds. The average molecular weight is 374 g/mol. The molecule has 0 saturated carbocycles. The Morgan fingerprint density at radius 2 is 2.04 bits per heavy atom. The normalized spacial score (nSPS) is 13.8. The second-order valence-electron chi connectivity index (χ2n) is 7.50. The summed E-state index contributed by atoms with van der Waals surface area (Å²) >= 11 is 0. The van der Waals surface area contributed by atoms with Gasteiger partial charge < -0.3 is 19.8 Å². The van der Waals surface area contributed by atoms with Crippen LogP contribution in [-0.4, -0.2) is 26.2 Å². The fraction of sp³-hybridized carbons (Fsp3) is 0.273. The van der Waals surface area contributed by atoms with Gasteiger partial charge in [-0.3, -0.25) is 0 Å². The quantitative estimate of drug-likeness (QED) is 0.497. The van der Waals surface area contributed by atoms with Gasteiger partial charge >= 0.3 is 0 Å². The first-order valence-electron chi connectivity index (χ1n) is 9.22. The van der Waals surface area contributed by atoms with Crippen LogP contribution in [0, 0.1) is 18.3 Å². The monoisotopic (exact) mass is 374 g/mol. The van der Waals surface area contributed by atoms with Gasteiger partial charge in [-0.1, -0.05) is 0 Å². The van der Waals surface area contributed by atoms with Crippen LogP contribution in [0.2, 0.25) is 0 Å². The molecule has 0 aliphatic carbocycles. The van der Waals surface area contributed by atoms with Crippen molar-refractivity contribution in [2.75, 3.05) is 0 Å². The molecular formula is C22H22N4O2. The fourth-order valence-corrected chi connectivity index (χ4v) is 3.65. The summed E-state index contributed by atoms with van der Waals surface area (Å²) in [4.78, 5) is 11.0. The maximum atomic E-state index is 11.6. The van der Waals surface area contributed by atoms with Crippen LogP contribution >= 0.6 is 0 Å². The summed E-state index contributed by atoms with van der Waals surface area (Å²) in [5, 5.41) is 21.6. The number of hydrogen-bond acceptors (Lipinski definition) is 4. The minimum Gasteiger partial charge on any atom is -0.491 e. The Hall–Kier alpha value is -3.30. The van der Waals surface area contributed by atoms with Crippen molar-refractivity contribution in [2.24, 2.45) is 0 Å². The van der Waals surface area contributed by atoms with Gasteiger partial charge in [0.1, 0.15) is 17.2 Å². The second kappa shape index (κ2) is 6.39. The van der Waals surface area contributed by atoms with Gasteiger partial charge in [0, 0.05) is 22.7 Å². The summed E-state index contributed by atoms with van der Waals surface area (Å²) in [6.45, 7) is 7.63. The van der Waals surface area contributed by atoms with E-state index in [-0.39, 0.29) is 6.10 Å². The summed E-state index contributed by atoms with van der Waals surface area (Å²) in [6, 6.07) is 11.2. The van der Waals surface area contributed by atoms with E-state index < -0.39 is 5.60 Å². The lowest BCUT2D eigenvalue weighted by Crippen LogP contribution is -2.26. The van der Waals surface area contributed by atoms with Crippen LogP contribution in [0.25, 0.3) is 21.9 Å². The zero-order valence-electron chi connectivity index (χ0n) is 16.3. The zero-order chi connectivity index (χ0) is 20.1. The molecule has 142 valence electrons. The van der Waals surface area contributed by atoms with E-state index in [1.807, 2.05) is 39.1 Å². The lowest BCUT2D eigenvalue weighted by Gasteiger charge is -2.27. The first kappa shape index (κ1) is 18.1. The van der Waals surface area contributed by atoms with Crippen LogP contribution in [0.15, 0.2) is 36.5 Å². The fourth-order valence-electron chi connectivity index (χ4n) is 3.65. The van der Waals surface area contributed by atoms with Crippen LogP contribution in [-0.2, 0) is 5.60 Å². The van der Waals surface area contributed by atoms with Gasteiger partial charge in [-0.15, -0.1) is 0 Å². The number of aliphatic hydroxyl groups is 1. The Kier molecular flexibility index (Phi) is 4.13. The second-order valence-corrected chi connectivity index (χ2v) is 7.50. The molecule has 28 heavy (non-hydrogen) atoms. The molecule has 0 fully saturated rings. The molecule has 0 bridgehead atoms. The van der Waals surface area contributed by atoms with E-state index >= 15 is 0 Å². The predicted molar refractivity (Wildman–Crippen MR) is 108 cm³/mol. The summed E-state index contributed by atoms with van der Waals surface area (Å²) in [5.41, 5.74) is 3.16. The van der Waals surface area contributed by atoms with Gasteiger partial charge in [-0.25, -0.2) is 4.98 Å². The smallest absolute Gasteiger partial charge is 0.148 e. The number of nitriles is 1. The number of aryl methyl sites for hydroxylation is 1. The zero-order valence-corrected chi connectivity index (χ0v) is 16.3. The van der Waals surface area contributed by atoms with Gasteiger partial charge in [0.05, 0.1) is 28.8 Å². The Balaban J connectivity index is 1.96. The summed E-state index contributed by atoms with van der Waals surface area (Å²) in [5.74, 6) is 1.03. The Morgan fingerprint density at radius 1 is 1.25 bits per heavy atom. The summed E-state index contributed by atoms with van der Waals surface area (Å²) < 4.78 is 6.06. The van der Waals surface area contributed by atoms with E-state index in [0.29, 0.717) is 33.7 Å². The third-order valence-corrected chi connectivity index (χ3v) is 4.93. The number of benzene rings is 2. The van der Waals surface area contributed by atoms with Crippen LogP contribution in [0.1, 0.15) is 43.3 Å². The molecule has 3 N–H and O–H groups in total. The van der Waals surface area contributed by atoms with Gasteiger partial charge in [-0.05, 0) is 63.6 Å². The maximum Gasteiger partial charge on any atom is 0.148 e. The SMILES string of the molecule is Cc1cc(OC(C)C)c(C(C)(O)c2nc3ccc(C#N)cc3[nH]2)c2cc[nH]c12. The van der Waals surface area contributed by atoms with Gasteiger partial charge in [0.25, 0.3) is 0 Å². The standard InChI is InChI=1S/C22H22N4O2/c1-12(2)28-18-9-13(3)20-15(7-8-24-20)19(18)22(4,27)21-25-16-6-5-14(11-23)10-17(16)26-21/h5-10,12,24,27H,1-4H3,(H,25,26). The van der Waals surface area contributed by atoms with Crippen molar-refractivity contribution in [3.8, 4) is 11.8 Å². The molecule has 6 heteroatoms. The van der Waals surface area contributed by atoms with Crippen molar-refractivity contribution in [2.45, 2.75) is 39.4 Å². The minimum absolute atomic E-state index is 0.0424. The molecule has 2 aromatic heterocycles. The summed E-state index contributed by atoms with van der Waals surface area (Å²) in [7, 11) is 0. The first-order valence-corrected chi connectivity index (χ1v) is 9.22. The van der Waals surface area contributed by atoms with Gasteiger partial charge in [0.2, 0.25) is 0 Å². The molecule has 1 atom stereocenters. The lowest BCUT2D eigenvalue weighted by molar-refractivity contribution is 0.0892. The van der Waals surface area contributed by atoms with Crippen molar-refractivity contribution in [3.05, 3.63) is 59.0 Å². The maximum absolute atomic E-state index is 11.6. The molecule has 0 aliphatic heterocycles. The molecule has 0 radical (unpaired) electrons. The average Bonchev–Trinajstić information content (AvgIpc) is 3.27. The Labute approximate surface area is 162 Å². The number of aromatic nitrogens is 3. The van der Waals surface area contributed by atoms with Crippen molar-refractivity contribution in [3.63, 3.8) is 0 Å². The van der Waals surface area contributed by atoms with E-state index in [4.69, 9.17) is 10.00 Å². The molecule has 4 aromatic rings. The largest absolute Gasteiger partial charge is 0.491 e. The van der Waals surface area contributed by atoms with Crippen molar-refractivity contribution >= 4 is 21.9 Å². The molecular weight excluding hydrogens is 352 g/mol. The summed E-state index contributed by atoms with van der Waals surface area (Å²) in [6.07, 6.45) is 1.81. The number of H-pyrrole nitrogens is 2. The van der Waals surface area contributed by atoms with Crippen LogP contribution in [0.4, 0.5) is 0 Å². The number of imidazole rings is 1. The predicted octanol–water partition coefficient (Wildman–Crippen LogP) is 4.27. The van der Waals surface area contributed by atoms with Crippen LogP contribution < -0.4 is 4.74 Å². The number of aromatic amines is 2. The number of nitrogens with zero attached hydrogens (tertiary/aromatic N) is 2. The first-order chi connectivity index (χ1) is 13.3. The number of fused-ring (bicyclic) bond motifs is 2. The highest BCUT2D eigenvalue weighted by Gasteiger charge is 2.35. The third-order valence-electron chi connectivity index (χ3n) is 4.93. The number of nitrogens with one attached hydrogen (secondary N) is 2. The molecule has 1 unspecified atom stereocenters. The van der Waals surface area contributed by atoms with E-state index in [1.54, 1.807) is 25.1 Å². The highest BCUT2D eigenvalue weighted by molar-refractivity contribution is 5.89. The van der Waals surface area contributed by atoms with Crippen molar-refractivity contribution in [1.29, 1.82) is 5.26 Å². The lowest BCUT2D eigenvalue weighted by atomic mass is 9.90. The van der Waals surface area contributed by atoms with Crippen molar-refractivity contribution in [1.82, 2.24) is 15.0 Å². The minimum atomic E-state index is -1.43. The molecule has 2 aromatic carbocycles. The topological polar surface area (TPSA) is 97.7 Å². The van der Waals surface area contributed by atoms with E-state index in [0.717, 1.165) is 16.5 Å². The highest BCUT2D eigenvalue weighted by atomic mass is 16.5. The van der Waals surface area contributed by atoms with Crippen LogP contribution in [0.5, 0.6) is 5.75 Å². The third kappa shape index (κ3) is 2.81. The van der Waals surface area contributed by atoms with Gasteiger partial charge in [-0.2, -0.15) is 5.26 Å². The molecule has 0 spiro atoms. The van der Waals surface area contributed by atoms with E-state index in [1.165, 1.54) is 0 Å². The highest BCUT2D eigenvalue weighted by Crippen LogP contribution is 2.41. The van der Waals surface area contributed by atoms with Gasteiger partial charge in [0.15, 0.2) is 0 Å².